The maximum atomic E-state index is 13.2. The van der Waals surface area contributed by atoms with Gasteiger partial charge in [-0.15, -0.1) is 0 Å². The van der Waals surface area contributed by atoms with Crippen molar-refractivity contribution in [1.29, 1.82) is 0 Å². The van der Waals surface area contributed by atoms with Crippen LogP contribution in [0.25, 0.3) is 15.6 Å². The van der Waals surface area contributed by atoms with Gasteiger partial charge in [0.05, 0.1) is 22.6 Å². The number of fused-ring (bicyclic) bond motifs is 1. The molecule has 0 radical (unpaired) electrons. The summed E-state index contributed by atoms with van der Waals surface area (Å²) in [5, 5.41) is 1.34. The van der Waals surface area contributed by atoms with E-state index in [-0.39, 0.29) is 17.3 Å². The summed E-state index contributed by atoms with van der Waals surface area (Å²) in [7, 11) is 0. The minimum atomic E-state index is -4.69. The van der Waals surface area contributed by atoms with Crippen LogP contribution in [0.2, 0.25) is 5.02 Å². The maximum absolute atomic E-state index is 13.2. The molecule has 1 aromatic carbocycles. The molecule has 29 heavy (non-hydrogen) atoms. The SMILES string of the molecule is [C-]#[N+]C1CN(c2cc(C(F)(F)F)ncc2Cl)C(=O)N1c1cncc2ccccc12. The minimum Gasteiger partial charge on any atom is -0.287 e. The molecule has 0 bridgehead atoms. The van der Waals surface area contributed by atoms with Gasteiger partial charge in [-0.3, -0.25) is 19.7 Å². The molecule has 6 nitrogen and oxygen atoms in total. The highest BCUT2D eigenvalue weighted by Crippen LogP contribution is 2.38. The lowest BCUT2D eigenvalue weighted by Gasteiger charge is -2.20. The second kappa shape index (κ2) is 6.90. The quantitative estimate of drug-likeness (QED) is 0.552. The van der Waals surface area contributed by atoms with Crippen molar-refractivity contribution >= 4 is 39.8 Å². The first kappa shape index (κ1) is 19.0. The number of aromatic nitrogens is 2. The molecule has 1 unspecified atom stereocenters. The van der Waals surface area contributed by atoms with Crippen LogP contribution in [0.4, 0.5) is 29.3 Å². The fraction of sp³-hybridized carbons (Fsp3) is 0.158. The van der Waals surface area contributed by atoms with Crippen molar-refractivity contribution in [3.8, 4) is 0 Å². The van der Waals surface area contributed by atoms with E-state index >= 15 is 0 Å². The fourth-order valence-electron chi connectivity index (χ4n) is 3.23. The van der Waals surface area contributed by atoms with E-state index < -0.39 is 24.1 Å². The van der Waals surface area contributed by atoms with E-state index in [9.17, 15) is 18.0 Å². The summed E-state index contributed by atoms with van der Waals surface area (Å²) in [4.78, 5) is 26.3. The summed E-state index contributed by atoms with van der Waals surface area (Å²) in [6.07, 6.45) is -1.72. The predicted molar refractivity (Wildman–Crippen MR) is 102 cm³/mol. The number of halogens is 4. The third-order valence-corrected chi connectivity index (χ3v) is 4.84. The van der Waals surface area contributed by atoms with Gasteiger partial charge in [0, 0.05) is 23.2 Å². The lowest BCUT2D eigenvalue weighted by Crippen LogP contribution is -2.34. The normalized spacial score (nSPS) is 17.1. The molecule has 1 fully saturated rings. The number of hydrogen-bond donors (Lipinski definition) is 0. The average molecular weight is 418 g/mol. The third-order valence-electron chi connectivity index (χ3n) is 4.55. The van der Waals surface area contributed by atoms with Gasteiger partial charge >= 0.3 is 18.4 Å². The Kier molecular flexibility index (Phi) is 4.51. The summed E-state index contributed by atoms with van der Waals surface area (Å²) in [5.74, 6) is 0. The molecule has 1 saturated heterocycles. The van der Waals surface area contributed by atoms with Gasteiger partial charge in [-0.2, -0.15) is 13.2 Å². The third kappa shape index (κ3) is 3.21. The average Bonchev–Trinajstić information content (AvgIpc) is 3.03. The van der Waals surface area contributed by atoms with Crippen LogP contribution in [-0.4, -0.2) is 28.7 Å². The molecule has 10 heteroatoms. The summed E-state index contributed by atoms with van der Waals surface area (Å²) >= 11 is 6.04. The van der Waals surface area contributed by atoms with Crippen LogP contribution in [-0.2, 0) is 6.18 Å². The summed E-state index contributed by atoms with van der Waals surface area (Å²) in [5.41, 5.74) is -0.921. The molecule has 0 spiro atoms. The van der Waals surface area contributed by atoms with E-state index in [0.717, 1.165) is 16.5 Å². The molecule has 3 aromatic rings. The molecule has 1 aliphatic rings. The largest absolute Gasteiger partial charge is 0.433 e. The van der Waals surface area contributed by atoms with E-state index in [0.29, 0.717) is 17.1 Å². The van der Waals surface area contributed by atoms with E-state index in [1.807, 2.05) is 12.1 Å². The van der Waals surface area contributed by atoms with Crippen molar-refractivity contribution in [3.63, 3.8) is 0 Å². The van der Waals surface area contributed by atoms with Crippen LogP contribution in [0.5, 0.6) is 0 Å². The van der Waals surface area contributed by atoms with E-state index in [1.54, 1.807) is 18.3 Å². The molecular weight excluding hydrogens is 407 g/mol. The molecule has 0 saturated carbocycles. The molecule has 3 heterocycles. The van der Waals surface area contributed by atoms with Gasteiger partial charge in [-0.1, -0.05) is 35.9 Å². The van der Waals surface area contributed by atoms with Crippen molar-refractivity contribution < 1.29 is 18.0 Å². The van der Waals surface area contributed by atoms with Crippen molar-refractivity contribution in [3.05, 3.63) is 71.1 Å². The second-order valence-corrected chi connectivity index (χ2v) is 6.68. The van der Waals surface area contributed by atoms with Gasteiger partial charge in [0.25, 0.3) is 0 Å². The van der Waals surface area contributed by atoms with Crippen LogP contribution in [0.1, 0.15) is 5.69 Å². The number of benzene rings is 1. The Hall–Kier alpha value is -3.38. The standard InChI is InChI=1S/C19H11ClF3N5O/c1-24-17-10-27(14-6-16(19(21,22)23)26-8-13(14)20)18(29)28(17)15-9-25-7-11-4-2-3-5-12(11)15/h2-9,17H,10H2. The predicted octanol–water partition coefficient (Wildman–Crippen LogP) is 4.99. The van der Waals surface area contributed by atoms with Crippen LogP contribution in [0.3, 0.4) is 0 Å². The molecule has 4 rings (SSSR count). The molecule has 2 aromatic heterocycles. The molecule has 146 valence electrons. The van der Waals surface area contributed by atoms with Gasteiger partial charge in [0.15, 0.2) is 0 Å². The monoisotopic (exact) mass is 417 g/mol. The maximum Gasteiger partial charge on any atom is 0.433 e. The van der Waals surface area contributed by atoms with Gasteiger partial charge in [0.2, 0.25) is 0 Å². The van der Waals surface area contributed by atoms with Crippen LogP contribution in [0.15, 0.2) is 48.9 Å². The van der Waals surface area contributed by atoms with Gasteiger partial charge < -0.3 is 0 Å². The van der Waals surface area contributed by atoms with Gasteiger partial charge in [-0.25, -0.2) is 16.3 Å². The number of anilines is 2. The molecule has 1 aliphatic heterocycles. The first-order valence-electron chi connectivity index (χ1n) is 8.34. The Balaban J connectivity index is 1.81. The molecular formula is C19H11ClF3N5O. The number of rotatable bonds is 2. The van der Waals surface area contributed by atoms with Crippen molar-refractivity contribution in [2.24, 2.45) is 0 Å². The van der Waals surface area contributed by atoms with E-state index in [4.69, 9.17) is 18.2 Å². The highest BCUT2D eigenvalue weighted by atomic mass is 35.5. The molecule has 0 aliphatic carbocycles. The Morgan fingerprint density at radius 3 is 2.66 bits per heavy atom. The Morgan fingerprint density at radius 2 is 1.93 bits per heavy atom. The van der Waals surface area contributed by atoms with Gasteiger partial charge in [-0.05, 0) is 6.07 Å². The second-order valence-electron chi connectivity index (χ2n) is 6.27. The van der Waals surface area contributed by atoms with Crippen molar-refractivity contribution in [2.45, 2.75) is 12.3 Å². The van der Waals surface area contributed by atoms with Gasteiger partial charge in [0.1, 0.15) is 12.2 Å². The number of hydrogen-bond acceptors (Lipinski definition) is 3. The highest BCUT2D eigenvalue weighted by molar-refractivity contribution is 6.34. The molecule has 0 N–H and O–H groups in total. The Bertz CT molecular complexity index is 1160. The minimum absolute atomic E-state index is 0.118. The number of carbonyl (C=O) groups excluding carboxylic acids is 1. The number of urea groups is 1. The lowest BCUT2D eigenvalue weighted by atomic mass is 10.1. The topological polar surface area (TPSA) is 53.7 Å². The highest BCUT2D eigenvalue weighted by Gasteiger charge is 2.45. The molecule has 1 atom stereocenters. The zero-order valence-corrected chi connectivity index (χ0v) is 15.3. The lowest BCUT2D eigenvalue weighted by molar-refractivity contribution is -0.141. The molecule has 2 amide bonds. The van der Waals surface area contributed by atoms with E-state index in [1.165, 1.54) is 11.1 Å². The zero-order valence-electron chi connectivity index (χ0n) is 14.6. The fourth-order valence-corrected chi connectivity index (χ4v) is 3.43. The smallest absolute Gasteiger partial charge is 0.287 e. The number of amides is 2. The zero-order chi connectivity index (χ0) is 20.8. The first-order chi connectivity index (χ1) is 13.8. The summed E-state index contributed by atoms with van der Waals surface area (Å²) in [6, 6.07) is 7.24. The first-order valence-corrected chi connectivity index (χ1v) is 8.72. The summed E-state index contributed by atoms with van der Waals surface area (Å²) < 4.78 is 39.2. The Morgan fingerprint density at radius 1 is 1.17 bits per heavy atom. The van der Waals surface area contributed by atoms with Crippen LogP contribution < -0.4 is 9.80 Å². The Labute approximate surface area is 168 Å². The van der Waals surface area contributed by atoms with Crippen molar-refractivity contribution in [2.75, 3.05) is 16.3 Å². The van der Waals surface area contributed by atoms with Crippen molar-refractivity contribution in [1.82, 2.24) is 9.97 Å². The summed E-state index contributed by atoms with van der Waals surface area (Å²) in [6.45, 7) is 7.34. The van der Waals surface area contributed by atoms with Crippen LogP contribution >= 0.6 is 11.6 Å². The number of pyridine rings is 2. The van der Waals surface area contributed by atoms with E-state index in [2.05, 4.69) is 14.8 Å². The number of nitrogens with zero attached hydrogens (tertiary/aromatic N) is 5. The van der Waals surface area contributed by atoms with Crippen LogP contribution in [0, 0.1) is 6.57 Å². The number of carbonyl (C=O) groups is 1. The number of alkyl halides is 3.